The van der Waals surface area contributed by atoms with E-state index in [0.29, 0.717) is 6.04 Å². The highest BCUT2D eigenvalue weighted by molar-refractivity contribution is 5.76. The fourth-order valence-corrected chi connectivity index (χ4v) is 2.09. The van der Waals surface area contributed by atoms with Crippen molar-refractivity contribution in [3.8, 4) is 0 Å². The van der Waals surface area contributed by atoms with E-state index in [-0.39, 0.29) is 5.91 Å². The summed E-state index contributed by atoms with van der Waals surface area (Å²) in [7, 11) is 0. The Hall–Kier alpha value is -0.530. The number of hydrogen-bond acceptors (Lipinski definition) is 1. The van der Waals surface area contributed by atoms with Crippen LogP contribution in [-0.2, 0) is 4.79 Å². The molecular weight excluding hydrogens is 174 g/mol. The van der Waals surface area contributed by atoms with Crippen molar-refractivity contribution in [2.45, 2.75) is 70.8 Å². The van der Waals surface area contributed by atoms with Crippen molar-refractivity contribution in [1.82, 2.24) is 5.32 Å². The predicted octanol–water partition coefficient (Wildman–Crippen LogP) is 3.02. The van der Waals surface area contributed by atoms with E-state index >= 15 is 0 Å². The molecule has 1 rings (SSSR count). The van der Waals surface area contributed by atoms with Crippen molar-refractivity contribution in [2.24, 2.45) is 0 Å². The highest BCUT2D eigenvalue weighted by Crippen LogP contribution is 2.14. The lowest BCUT2D eigenvalue weighted by atomic mass is 9.98. The van der Waals surface area contributed by atoms with Crippen LogP contribution in [-0.4, -0.2) is 11.9 Å². The number of amides is 1. The molecule has 14 heavy (non-hydrogen) atoms. The third-order valence-corrected chi connectivity index (χ3v) is 2.98. The summed E-state index contributed by atoms with van der Waals surface area (Å²) in [4.78, 5) is 11.1. The van der Waals surface area contributed by atoms with Crippen LogP contribution >= 0.6 is 0 Å². The lowest BCUT2D eigenvalue weighted by Gasteiger charge is -2.22. The van der Waals surface area contributed by atoms with Crippen LogP contribution in [0.15, 0.2) is 0 Å². The van der Waals surface area contributed by atoms with Crippen molar-refractivity contribution in [3.63, 3.8) is 0 Å². The molecule has 1 heterocycles. The van der Waals surface area contributed by atoms with Gasteiger partial charge < -0.3 is 5.32 Å². The van der Waals surface area contributed by atoms with Crippen molar-refractivity contribution in [3.05, 3.63) is 0 Å². The zero-order valence-corrected chi connectivity index (χ0v) is 9.35. The van der Waals surface area contributed by atoms with Crippen molar-refractivity contribution >= 4 is 5.91 Å². The maximum absolute atomic E-state index is 11.1. The predicted molar refractivity (Wildman–Crippen MR) is 59.2 cm³/mol. The van der Waals surface area contributed by atoms with E-state index in [2.05, 4.69) is 12.2 Å². The van der Waals surface area contributed by atoms with Gasteiger partial charge in [-0.3, -0.25) is 4.79 Å². The normalized spacial score (nSPS) is 22.1. The van der Waals surface area contributed by atoms with Gasteiger partial charge in [0, 0.05) is 12.5 Å². The third kappa shape index (κ3) is 4.64. The molecule has 1 N–H and O–H groups in total. The number of nitrogens with one attached hydrogen (secondary N) is 1. The Bertz CT molecular complexity index is 168. The van der Waals surface area contributed by atoms with Gasteiger partial charge in [0.15, 0.2) is 0 Å². The quantitative estimate of drug-likeness (QED) is 0.652. The summed E-state index contributed by atoms with van der Waals surface area (Å²) in [5.41, 5.74) is 0. The van der Waals surface area contributed by atoms with Gasteiger partial charge >= 0.3 is 0 Å². The van der Waals surface area contributed by atoms with Gasteiger partial charge in [-0.05, 0) is 19.3 Å². The van der Waals surface area contributed by atoms with Crippen LogP contribution in [0.3, 0.4) is 0 Å². The molecule has 1 amide bonds. The van der Waals surface area contributed by atoms with Crippen molar-refractivity contribution < 1.29 is 4.79 Å². The lowest BCUT2D eigenvalue weighted by molar-refractivity contribution is -0.123. The molecule has 1 fully saturated rings. The zero-order chi connectivity index (χ0) is 10.2. The SMILES string of the molecule is CCCCCCCC1CCCC(=O)N1. The summed E-state index contributed by atoms with van der Waals surface area (Å²) >= 11 is 0. The fourth-order valence-electron chi connectivity index (χ4n) is 2.09. The van der Waals surface area contributed by atoms with Crippen LogP contribution in [0.4, 0.5) is 0 Å². The third-order valence-electron chi connectivity index (χ3n) is 2.98. The molecule has 1 saturated heterocycles. The molecule has 0 bridgehead atoms. The number of hydrogen-bond donors (Lipinski definition) is 1. The van der Waals surface area contributed by atoms with Gasteiger partial charge in [-0.15, -0.1) is 0 Å². The molecule has 0 aromatic rings. The summed E-state index contributed by atoms with van der Waals surface area (Å²) in [5.74, 6) is 0.259. The Morgan fingerprint density at radius 2 is 2.07 bits per heavy atom. The first kappa shape index (κ1) is 11.5. The second-order valence-corrected chi connectivity index (χ2v) is 4.36. The first-order valence-electron chi connectivity index (χ1n) is 6.12. The maximum atomic E-state index is 11.1. The Morgan fingerprint density at radius 1 is 1.29 bits per heavy atom. The van der Waals surface area contributed by atoms with Crippen LogP contribution < -0.4 is 5.32 Å². The topological polar surface area (TPSA) is 29.1 Å². The average molecular weight is 197 g/mol. The molecule has 2 heteroatoms. The Balaban J connectivity index is 1.97. The first-order chi connectivity index (χ1) is 6.83. The standard InChI is InChI=1S/C12H23NO/c1-2-3-4-5-6-8-11-9-7-10-12(14)13-11/h11H,2-10H2,1H3,(H,13,14). The highest BCUT2D eigenvalue weighted by atomic mass is 16.1. The summed E-state index contributed by atoms with van der Waals surface area (Å²) in [5, 5.41) is 3.07. The van der Waals surface area contributed by atoms with E-state index in [9.17, 15) is 4.79 Å². The Kier molecular flexibility index (Phi) is 5.65. The number of carbonyl (C=O) groups excluding carboxylic acids is 1. The number of rotatable bonds is 6. The molecule has 1 atom stereocenters. The number of piperidine rings is 1. The summed E-state index contributed by atoms with van der Waals surface area (Å²) in [6, 6.07) is 0.484. The largest absolute Gasteiger partial charge is 0.353 e. The minimum atomic E-state index is 0.259. The fraction of sp³-hybridized carbons (Fsp3) is 0.917. The highest BCUT2D eigenvalue weighted by Gasteiger charge is 2.16. The number of unbranched alkanes of at least 4 members (excludes halogenated alkanes) is 4. The molecule has 1 unspecified atom stereocenters. The molecule has 0 aliphatic carbocycles. The van der Waals surface area contributed by atoms with E-state index < -0.39 is 0 Å². The van der Waals surface area contributed by atoms with Gasteiger partial charge in [0.2, 0.25) is 5.91 Å². The second kappa shape index (κ2) is 6.86. The molecule has 1 aliphatic rings. The lowest BCUT2D eigenvalue weighted by Crippen LogP contribution is -2.38. The second-order valence-electron chi connectivity index (χ2n) is 4.36. The van der Waals surface area contributed by atoms with E-state index in [1.54, 1.807) is 0 Å². The van der Waals surface area contributed by atoms with Gasteiger partial charge in [0.1, 0.15) is 0 Å². The molecule has 0 radical (unpaired) electrons. The van der Waals surface area contributed by atoms with E-state index in [1.165, 1.54) is 44.9 Å². The van der Waals surface area contributed by atoms with Gasteiger partial charge in [0.05, 0.1) is 0 Å². The van der Waals surface area contributed by atoms with E-state index in [4.69, 9.17) is 0 Å². The summed E-state index contributed by atoms with van der Waals surface area (Å²) < 4.78 is 0. The van der Waals surface area contributed by atoms with Gasteiger partial charge in [-0.25, -0.2) is 0 Å². The van der Waals surface area contributed by atoms with Crippen molar-refractivity contribution in [2.75, 3.05) is 0 Å². The molecule has 0 spiro atoms. The average Bonchev–Trinajstić information content (AvgIpc) is 2.18. The Morgan fingerprint density at radius 3 is 2.79 bits per heavy atom. The molecule has 82 valence electrons. The molecule has 0 saturated carbocycles. The van der Waals surface area contributed by atoms with Crippen LogP contribution in [0.25, 0.3) is 0 Å². The van der Waals surface area contributed by atoms with Crippen molar-refractivity contribution in [1.29, 1.82) is 0 Å². The molecule has 0 aromatic carbocycles. The molecule has 2 nitrogen and oxygen atoms in total. The summed E-state index contributed by atoms with van der Waals surface area (Å²) in [6.07, 6.45) is 10.9. The van der Waals surface area contributed by atoms with Crippen LogP contribution in [0, 0.1) is 0 Å². The Labute approximate surface area is 87.5 Å². The van der Waals surface area contributed by atoms with E-state index in [1.807, 2.05) is 0 Å². The minimum Gasteiger partial charge on any atom is -0.353 e. The first-order valence-corrected chi connectivity index (χ1v) is 6.12. The maximum Gasteiger partial charge on any atom is 0.220 e. The number of carbonyl (C=O) groups is 1. The van der Waals surface area contributed by atoms with E-state index in [0.717, 1.165) is 12.8 Å². The smallest absolute Gasteiger partial charge is 0.220 e. The molecule has 0 aromatic heterocycles. The van der Waals surface area contributed by atoms with Crippen LogP contribution in [0.1, 0.15) is 64.7 Å². The zero-order valence-electron chi connectivity index (χ0n) is 9.35. The van der Waals surface area contributed by atoms with Gasteiger partial charge in [-0.2, -0.15) is 0 Å². The minimum absolute atomic E-state index is 0.259. The molecular formula is C12H23NO. The van der Waals surface area contributed by atoms with Crippen LogP contribution in [0.2, 0.25) is 0 Å². The van der Waals surface area contributed by atoms with Gasteiger partial charge in [0.25, 0.3) is 0 Å². The monoisotopic (exact) mass is 197 g/mol. The summed E-state index contributed by atoms with van der Waals surface area (Å²) in [6.45, 7) is 2.24. The van der Waals surface area contributed by atoms with Gasteiger partial charge in [-0.1, -0.05) is 39.0 Å². The molecule has 1 aliphatic heterocycles. The van der Waals surface area contributed by atoms with Crippen LogP contribution in [0.5, 0.6) is 0 Å².